The minimum atomic E-state index is 0.270. The van der Waals surface area contributed by atoms with Gasteiger partial charge in [-0.1, -0.05) is 0 Å². The normalized spacial score (nSPS) is 15.6. The Morgan fingerprint density at radius 2 is 1.94 bits per heavy atom. The molecule has 1 aliphatic rings. The molecule has 2 rings (SSSR count). The SMILES string of the molecule is O=C(CCNc1ccncc1)N1CCCCC1. The van der Waals surface area contributed by atoms with Crippen molar-refractivity contribution in [2.45, 2.75) is 25.7 Å². The van der Waals surface area contributed by atoms with E-state index in [0.717, 1.165) is 31.6 Å². The van der Waals surface area contributed by atoms with E-state index in [4.69, 9.17) is 0 Å². The molecule has 4 nitrogen and oxygen atoms in total. The molecule has 0 saturated carbocycles. The van der Waals surface area contributed by atoms with E-state index in [-0.39, 0.29) is 5.91 Å². The minimum absolute atomic E-state index is 0.270. The zero-order chi connectivity index (χ0) is 11.9. The molecule has 1 aromatic heterocycles. The van der Waals surface area contributed by atoms with Crippen molar-refractivity contribution in [3.8, 4) is 0 Å². The minimum Gasteiger partial charge on any atom is -0.384 e. The van der Waals surface area contributed by atoms with Gasteiger partial charge in [0, 0.05) is 44.1 Å². The summed E-state index contributed by atoms with van der Waals surface area (Å²) >= 11 is 0. The van der Waals surface area contributed by atoms with Gasteiger partial charge in [-0.3, -0.25) is 9.78 Å². The highest BCUT2D eigenvalue weighted by Gasteiger charge is 2.15. The summed E-state index contributed by atoms with van der Waals surface area (Å²) in [6, 6.07) is 3.82. The van der Waals surface area contributed by atoms with Gasteiger partial charge in [0.2, 0.25) is 5.91 Å². The molecule has 2 heterocycles. The first kappa shape index (κ1) is 11.9. The van der Waals surface area contributed by atoms with Crippen LogP contribution in [0.15, 0.2) is 24.5 Å². The van der Waals surface area contributed by atoms with Crippen LogP contribution >= 0.6 is 0 Å². The zero-order valence-corrected chi connectivity index (χ0v) is 10.1. The fourth-order valence-corrected chi connectivity index (χ4v) is 2.08. The van der Waals surface area contributed by atoms with Gasteiger partial charge in [-0.15, -0.1) is 0 Å². The number of amides is 1. The van der Waals surface area contributed by atoms with Crippen LogP contribution in [0.1, 0.15) is 25.7 Å². The summed E-state index contributed by atoms with van der Waals surface area (Å²) in [5, 5.41) is 3.23. The molecule has 1 fully saturated rings. The average Bonchev–Trinajstić information content (AvgIpc) is 2.41. The third kappa shape index (κ3) is 3.73. The number of pyridine rings is 1. The number of piperidine rings is 1. The molecule has 1 aromatic rings. The number of carbonyl (C=O) groups excluding carboxylic acids is 1. The molecule has 0 aromatic carbocycles. The maximum Gasteiger partial charge on any atom is 0.224 e. The van der Waals surface area contributed by atoms with E-state index in [1.54, 1.807) is 12.4 Å². The number of nitrogens with zero attached hydrogens (tertiary/aromatic N) is 2. The number of likely N-dealkylation sites (tertiary alicyclic amines) is 1. The number of hydrogen-bond donors (Lipinski definition) is 1. The summed E-state index contributed by atoms with van der Waals surface area (Å²) in [7, 11) is 0. The lowest BCUT2D eigenvalue weighted by atomic mass is 10.1. The summed E-state index contributed by atoms with van der Waals surface area (Å²) in [6.45, 7) is 2.57. The van der Waals surface area contributed by atoms with Crippen molar-refractivity contribution in [3.05, 3.63) is 24.5 Å². The maximum atomic E-state index is 11.9. The van der Waals surface area contributed by atoms with Crippen LogP contribution in [0.5, 0.6) is 0 Å². The molecule has 0 radical (unpaired) electrons. The lowest BCUT2D eigenvalue weighted by Gasteiger charge is -2.26. The topological polar surface area (TPSA) is 45.2 Å². The van der Waals surface area contributed by atoms with Crippen LogP contribution in [0.2, 0.25) is 0 Å². The van der Waals surface area contributed by atoms with Crippen LogP contribution in [0.25, 0.3) is 0 Å². The molecule has 92 valence electrons. The largest absolute Gasteiger partial charge is 0.384 e. The first-order valence-electron chi connectivity index (χ1n) is 6.28. The highest BCUT2D eigenvalue weighted by molar-refractivity contribution is 5.76. The molecule has 17 heavy (non-hydrogen) atoms. The van der Waals surface area contributed by atoms with Crippen molar-refractivity contribution >= 4 is 11.6 Å². The van der Waals surface area contributed by atoms with Crippen molar-refractivity contribution in [2.24, 2.45) is 0 Å². The molecule has 0 spiro atoms. The third-order valence-corrected chi connectivity index (χ3v) is 3.06. The van der Waals surface area contributed by atoms with E-state index in [0.29, 0.717) is 13.0 Å². The first-order chi connectivity index (χ1) is 8.36. The van der Waals surface area contributed by atoms with Gasteiger partial charge in [0.05, 0.1) is 0 Å². The van der Waals surface area contributed by atoms with Crippen molar-refractivity contribution in [3.63, 3.8) is 0 Å². The van der Waals surface area contributed by atoms with Gasteiger partial charge in [0.1, 0.15) is 0 Å². The van der Waals surface area contributed by atoms with E-state index in [9.17, 15) is 4.79 Å². The van der Waals surface area contributed by atoms with Gasteiger partial charge < -0.3 is 10.2 Å². The Morgan fingerprint density at radius 1 is 1.24 bits per heavy atom. The first-order valence-corrected chi connectivity index (χ1v) is 6.28. The van der Waals surface area contributed by atoms with Crippen molar-refractivity contribution in [1.29, 1.82) is 0 Å². The molecule has 0 aliphatic carbocycles. The second-order valence-corrected chi connectivity index (χ2v) is 4.35. The van der Waals surface area contributed by atoms with Gasteiger partial charge in [0.15, 0.2) is 0 Å². The Labute approximate surface area is 102 Å². The van der Waals surface area contributed by atoms with Gasteiger partial charge in [-0.05, 0) is 31.4 Å². The summed E-state index contributed by atoms with van der Waals surface area (Å²) in [6.07, 6.45) is 7.64. The van der Waals surface area contributed by atoms with Crippen LogP contribution in [0.4, 0.5) is 5.69 Å². The molecule has 0 unspecified atom stereocenters. The average molecular weight is 233 g/mol. The predicted octanol–water partition coefficient (Wildman–Crippen LogP) is 1.90. The highest BCUT2D eigenvalue weighted by atomic mass is 16.2. The number of carbonyl (C=O) groups is 1. The highest BCUT2D eigenvalue weighted by Crippen LogP contribution is 2.10. The van der Waals surface area contributed by atoms with Gasteiger partial charge >= 0.3 is 0 Å². The van der Waals surface area contributed by atoms with E-state index >= 15 is 0 Å². The second kappa shape index (κ2) is 6.23. The molecule has 1 saturated heterocycles. The lowest BCUT2D eigenvalue weighted by Crippen LogP contribution is -2.36. The Morgan fingerprint density at radius 3 is 2.65 bits per heavy atom. The molecule has 1 N–H and O–H groups in total. The molecular formula is C13H19N3O. The van der Waals surface area contributed by atoms with Crippen LogP contribution in [0, 0.1) is 0 Å². The number of hydrogen-bond acceptors (Lipinski definition) is 3. The quantitative estimate of drug-likeness (QED) is 0.864. The summed E-state index contributed by atoms with van der Waals surface area (Å²) in [4.78, 5) is 17.8. The lowest BCUT2D eigenvalue weighted by molar-refractivity contribution is -0.131. The van der Waals surface area contributed by atoms with Gasteiger partial charge in [0.25, 0.3) is 0 Å². The van der Waals surface area contributed by atoms with Crippen LogP contribution < -0.4 is 5.32 Å². The predicted molar refractivity (Wildman–Crippen MR) is 67.8 cm³/mol. The van der Waals surface area contributed by atoms with E-state index in [1.807, 2.05) is 17.0 Å². The van der Waals surface area contributed by atoms with Crippen molar-refractivity contribution in [1.82, 2.24) is 9.88 Å². The third-order valence-electron chi connectivity index (χ3n) is 3.06. The number of nitrogens with one attached hydrogen (secondary N) is 1. The molecule has 0 atom stereocenters. The van der Waals surface area contributed by atoms with Crippen molar-refractivity contribution < 1.29 is 4.79 Å². The van der Waals surface area contributed by atoms with Crippen LogP contribution in [-0.2, 0) is 4.79 Å². The molecule has 1 amide bonds. The molecular weight excluding hydrogens is 214 g/mol. The van der Waals surface area contributed by atoms with Crippen LogP contribution in [-0.4, -0.2) is 35.4 Å². The fraction of sp³-hybridized carbons (Fsp3) is 0.538. The summed E-state index contributed by atoms with van der Waals surface area (Å²) < 4.78 is 0. The Bertz CT molecular complexity index is 347. The standard InChI is InChI=1S/C13H19N3O/c17-13(16-10-2-1-3-11-16)6-9-15-12-4-7-14-8-5-12/h4-5,7-8H,1-3,6,9-11H2,(H,14,15). The summed E-state index contributed by atoms with van der Waals surface area (Å²) in [5.41, 5.74) is 1.02. The second-order valence-electron chi connectivity index (χ2n) is 4.35. The molecule has 1 aliphatic heterocycles. The number of rotatable bonds is 4. The smallest absolute Gasteiger partial charge is 0.224 e. The monoisotopic (exact) mass is 233 g/mol. The fourth-order valence-electron chi connectivity index (χ4n) is 2.08. The van der Waals surface area contributed by atoms with E-state index < -0.39 is 0 Å². The molecule has 0 bridgehead atoms. The van der Waals surface area contributed by atoms with Gasteiger partial charge in [-0.2, -0.15) is 0 Å². The van der Waals surface area contributed by atoms with Gasteiger partial charge in [-0.25, -0.2) is 0 Å². The van der Waals surface area contributed by atoms with E-state index in [2.05, 4.69) is 10.3 Å². The summed E-state index contributed by atoms with van der Waals surface area (Å²) in [5.74, 6) is 0.270. The number of anilines is 1. The Hall–Kier alpha value is -1.58. The van der Waals surface area contributed by atoms with Crippen LogP contribution in [0.3, 0.4) is 0 Å². The maximum absolute atomic E-state index is 11.9. The molecule has 4 heteroatoms. The Kier molecular flexibility index (Phi) is 4.36. The number of aromatic nitrogens is 1. The van der Waals surface area contributed by atoms with E-state index in [1.165, 1.54) is 6.42 Å². The van der Waals surface area contributed by atoms with Crippen molar-refractivity contribution in [2.75, 3.05) is 25.0 Å². The Balaban J connectivity index is 1.69. The zero-order valence-electron chi connectivity index (χ0n) is 10.1.